The lowest BCUT2D eigenvalue weighted by Crippen LogP contribution is -2.24. The molecule has 0 saturated carbocycles. The Balaban J connectivity index is 2.72. The van der Waals surface area contributed by atoms with E-state index in [-0.39, 0.29) is 0 Å². The molecule has 0 N–H and O–H groups in total. The Morgan fingerprint density at radius 1 is 1.29 bits per heavy atom. The van der Waals surface area contributed by atoms with Crippen LogP contribution in [0.25, 0.3) is 0 Å². The van der Waals surface area contributed by atoms with Crippen molar-refractivity contribution in [3.05, 3.63) is 24.3 Å². The smallest absolute Gasteiger partial charge is 0.118 e. The van der Waals surface area contributed by atoms with E-state index in [2.05, 4.69) is 31.0 Å². The summed E-state index contributed by atoms with van der Waals surface area (Å²) in [5.41, 5.74) is 0. The molecule has 1 aromatic rings. The molecule has 0 aliphatic carbocycles. The molecule has 0 fully saturated rings. The number of hydrogen-bond acceptors (Lipinski definition) is 1. The summed E-state index contributed by atoms with van der Waals surface area (Å²) in [4.78, 5) is 0. The van der Waals surface area contributed by atoms with Crippen LogP contribution in [0.15, 0.2) is 24.3 Å². The maximum absolute atomic E-state index is 5.91. The fourth-order valence-electron chi connectivity index (χ4n) is 1.42. The zero-order valence-electron chi connectivity index (χ0n) is 9.08. The Bertz CT molecular complexity index is 283. The number of para-hydroxylation sites is 1. The van der Waals surface area contributed by atoms with Crippen LogP contribution in [0.2, 0.25) is 0 Å². The van der Waals surface area contributed by atoms with Gasteiger partial charge in [0.05, 0.1) is 10.2 Å². The molecule has 75 valence electrons. The average molecular weight is 205 g/mol. The minimum Gasteiger partial charge on any atom is -0.490 e. The van der Waals surface area contributed by atoms with E-state index in [9.17, 15) is 0 Å². The molecule has 0 amide bonds. The third-order valence-electron chi connectivity index (χ3n) is 2.31. The molecule has 0 aliphatic heterocycles. The van der Waals surface area contributed by atoms with Gasteiger partial charge in [0.15, 0.2) is 0 Å². The fourth-order valence-corrected chi connectivity index (χ4v) is 1.66. The largest absolute Gasteiger partial charge is 0.490 e. The molecule has 0 heterocycles. The van der Waals surface area contributed by atoms with Crippen molar-refractivity contribution in [1.82, 2.24) is 0 Å². The van der Waals surface area contributed by atoms with E-state index in [1.807, 2.05) is 24.3 Å². The summed E-state index contributed by atoms with van der Waals surface area (Å²) in [6.45, 7) is 6.52. The minimum absolute atomic E-state index is 0.299. The third kappa shape index (κ3) is 2.88. The van der Waals surface area contributed by atoms with Gasteiger partial charge in [0.25, 0.3) is 0 Å². The van der Waals surface area contributed by atoms with E-state index in [4.69, 9.17) is 4.74 Å². The predicted octanol–water partition coefficient (Wildman–Crippen LogP) is 2.29. The third-order valence-corrected chi connectivity index (χ3v) is 2.72. The Morgan fingerprint density at radius 3 is 2.43 bits per heavy atom. The molecule has 2 heteroatoms. The Morgan fingerprint density at radius 2 is 1.93 bits per heavy atom. The van der Waals surface area contributed by atoms with Crippen molar-refractivity contribution in [3.63, 3.8) is 0 Å². The van der Waals surface area contributed by atoms with Gasteiger partial charge >= 0.3 is 0 Å². The van der Waals surface area contributed by atoms with Crippen molar-refractivity contribution in [3.8, 4) is 5.75 Å². The van der Waals surface area contributed by atoms with Gasteiger partial charge in [0.2, 0.25) is 0 Å². The van der Waals surface area contributed by atoms with Crippen LogP contribution in [0.3, 0.4) is 0 Å². The lowest BCUT2D eigenvalue weighted by atomic mass is 10.1. The minimum atomic E-state index is 0.299. The molecule has 0 aromatic heterocycles. The first-order chi connectivity index (χ1) is 6.65. The number of rotatable bonds is 4. The van der Waals surface area contributed by atoms with Crippen molar-refractivity contribution in [2.24, 2.45) is 5.92 Å². The zero-order valence-corrected chi connectivity index (χ0v) is 10.1. The molecule has 0 spiro atoms. The molecule has 1 unspecified atom stereocenters. The average Bonchev–Trinajstić information content (AvgIpc) is 2.16. The molecule has 1 atom stereocenters. The van der Waals surface area contributed by atoms with Crippen molar-refractivity contribution >= 4 is 15.4 Å². The quantitative estimate of drug-likeness (QED) is 0.685. The van der Waals surface area contributed by atoms with Gasteiger partial charge < -0.3 is 4.74 Å². The molecule has 1 rings (SSSR count). The summed E-state index contributed by atoms with van der Waals surface area (Å²) in [5.74, 6) is 1.48. The van der Waals surface area contributed by atoms with Gasteiger partial charge in [-0.05, 0) is 23.6 Å². The molecule has 0 saturated heterocycles. The van der Waals surface area contributed by atoms with E-state index in [1.165, 1.54) is 0 Å². The first-order valence-electron chi connectivity index (χ1n) is 5.12. The molecule has 3 radical (unpaired) electrons. The Kier molecular flexibility index (Phi) is 4.20. The highest BCUT2D eigenvalue weighted by molar-refractivity contribution is 6.34. The zero-order chi connectivity index (χ0) is 10.6. The molecule has 0 bridgehead atoms. The SMILES string of the molecule is CCC(Oc1ccccc1[Si])C(C)C. The number of hydrogen-bond donors (Lipinski definition) is 0. The van der Waals surface area contributed by atoms with Gasteiger partial charge in [-0.25, -0.2) is 0 Å². The van der Waals surface area contributed by atoms with E-state index in [1.54, 1.807) is 0 Å². The van der Waals surface area contributed by atoms with Crippen LogP contribution in [0.4, 0.5) is 0 Å². The highest BCUT2D eigenvalue weighted by Crippen LogP contribution is 2.15. The standard InChI is InChI=1S/C12H17OSi/c1-4-10(9(2)3)13-11-7-5-6-8-12(11)14/h5-10H,4H2,1-3H3. The van der Waals surface area contributed by atoms with Crippen LogP contribution in [0.1, 0.15) is 27.2 Å². The monoisotopic (exact) mass is 205 g/mol. The predicted molar refractivity (Wildman–Crippen MR) is 61.4 cm³/mol. The molecule has 1 nitrogen and oxygen atoms in total. The maximum atomic E-state index is 5.91. The van der Waals surface area contributed by atoms with Gasteiger partial charge in [-0.15, -0.1) is 0 Å². The Hall–Kier alpha value is -0.763. The summed E-state index contributed by atoms with van der Waals surface area (Å²) >= 11 is 0. The maximum Gasteiger partial charge on any atom is 0.118 e. The van der Waals surface area contributed by atoms with Crippen molar-refractivity contribution in [2.75, 3.05) is 0 Å². The molecule has 14 heavy (non-hydrogen) atoms. The van der Waals surface area contributed by atoms with E-state index in [0.29, 0.717) is 12.0 Å². The van der Waals surface area contributed by atoms with Crippen molar-refractivity contribution < 1.29 is 4.74 Å². The van der Waals surface area contributed by atoms with Gasteiger partial charge in [0.1, 0.15) is 11.9 Å². The summed E-state index contributed by atoms with van der Waals surface area (Å²) in [6, 6.07) is 7.98. The second kappa shape index (κ2) is 5.20. The topological polar surface area (TPSA) is 9.23 Å². The van der Waals surface area contributed by atoms with E-state index >= 15 is 0 Å². The fraction of sp³-hybridized carbons (Fsp3) is 0.500. The van der Waals surface area contributed by atoms with Gasteiger partial charge in [-0.1, -0.05) is 39.0 Å². The summed E-state index contributed by atoms with van der Waals surface area (Å²) in [6.07, 6.45) is 1.34. The van der Waals surface area contributed by atoms with Crippen LogP contribution in [0, 0.1) is 5.92 Å². The number of ether oxygens (including phenoxy) is 1. The van der Waals surface area contributed by atoms with Crippen molar-refractivity contribution in [1.29, 1.82) is 0 Å². The Labute approximate surface area is 89.9 Å². The normalized spacial score (nSPS) is 12.9. The van der Waals surface area contributed by atoms with Crippen LogP contribution >= 0.6 is 0 Å². The van der Waals surface area contributed by atoms with Crippen molar-refractivity contribution in [2.45, 2.75) is 33.3 Å². The lowest BCUT2D eigenvalue weighted by molar-refractivity contribution is 0.149. The van der Waals surface area contributed by atoms with Crippen LogP contribution in [-0.4, -0.2) is 16.3 Å². The van der Waals surface area contributed by atoms with E-state index in [0.717, 1.165) is 17.4 Å². The highest BCUT2D eigenvalue weighted by Gasteiger charge is 2.13. The van der Waals surface area contributed by atoms with Crippen LogP contribution in [-0.2, 0) is 0 Å². The lowest BCUT2D eigenvalue weighted by Gasteiger charge is -2.22. The summed E-state index contributed by atoms with van der Waals surface area (Å²) in [7, 11) is 3.53. The molecule has 0 aliphatic rings. The molecular formula is C12H17OSi. The summed E-state index contributed by atoms with van der Waals surface area (Å²) < 4.78 is 5.91. The van der Waals surface area contributed by atoms with Gasteiger partial charge in [0, 0.05) is 0 Å². The van der Waals surface area contributed by atoms with Crippen LogP contribution < -0.4 is 9.92 Å². The van der Waals surface area contributed by atoms with Gasteiger partial charge in [-0.3, -0.25) is 0 Å². The number of benzene rings is 1. The van der Waals surface area contributed by atoms with E-state index < -0.39 is 0 Å². The summed E-state index contributed by atoms with van der Waals surface area (Å²) in [5, 5.41) is 1.02. The second-order valence-electron chi connectivity index (χ2n) is 3.80. The first kappa shape index (κ1) is 11.3. The first-order valence-corrected chi connectivity index (χ1v) is 5.62. The van der Waals surface area contributed by atoms with Gasteiger partial charge in [-0.2, -0.15) is 0 Å². The highest BCUT2D eigenvalue weighted by atomic mass is 28.1. The molecule has 1 aromatic carbocycles. The second-order valence-corrected chi connectivity index (χ2v) is 4.34. The van der Waals surface area contributed by atoms with Crippen LogP contribution in [0.5, 0.6) is 5.75 Å². The molecular weight excluding hydrogens is 188 g/mol.